The van der Waals surface area contributed by atoms with E-state index in [1.807, 2.05) is 67.7 Å². The van der Waals surface area contributed by atoms with Crippen molar-refractivity contribution >= 4 is 5.91 Å². The molecule has 0 bridgehead atoms. The van der Waals surface area contributed by atoms with Crippen molar-refractivity contribution in [2.45, 2.75) is 46.2 Å². The quantitative estimate of drug-likeness (QED) is 0.848. The second-order valence-electron chi connectivity index (χ2n) is 6.32. The average molecular weight is 329 g/mol. The van der Waals surface area contributed by atoms with Crippen LogP contribution in [0.1, 0.15) is 35.9 Å². The van der Waals surface area contributed by atoms with E-state index in [0.29, 0.717) is 19.4 Å². The van der Waals surface area contributed by atoms with Crippen molar-refractivity contribution < 1.29 is 9.90 Å². The van der Waals surface area contributed by atoms with Crippen molar-refractivity contribution in [1.29, 1.82) is 0 Å². The summed E-state index contributed by atoms with van der Waals surface area (Å²) in [5.74, 6) is 0.0685. The third-order valence-corrected chi connectivity index (χ3v) is 4.58. The third-order valence-electron chi connectivity index (χ3n) is 4.58. The molecule has 0 aliphatic rings. The van der Waals surface area contributed by atoms with E-state index < -0.39 is 0 Å². The van der Waals surface area contributed by atoms with Crippen molar-refractivity contribution in [3.05, 3.63) is 52.8 Å². The molecule has 1 atom stereocenters. The number of benzene rings is 1. The summed E-state index contributed by atoms with van der Waals surface area (Å²) in [7, 11) is 1.90. The van der Waals surface area contributed by atoms with Crippen LogP contribution in [0.4, 0.5) is 0 Å². The summed E-state index contributed by atoms with van der Waals surface area (Å²) >= 11 is 0. The van der Waals surface area contributed by atoms with Gasteiger partial charge in [0.15, 0.2) is 0 Å². The molecule has 1 N–H and O–H groups in total. The Bertz CT molecular complexity index is 679. The van der Waals surface area contributed by atoms with Crippen molar-refractivity contribution in [3.63, 3.8) is 0 Å². The first-order valence-electron chi connectivity index (χ1n) is 8.37. The normalized spacial score (nSPS) is 12.2. The van der Waals surface area contributed by atoms with Gasteiger partial charge in [0, 0.05) is 37.5 Å². The predicted molar refractivity (Wildman–Crippen MR) is 94.5 cm³/mol. The molecule has 1 unspecified atom stereocenters. The second-order valence-corrected chi connectivity index (χ2v) is 6.32. The van der Waals surface area contributed by atoms with E-state index in [9.17, 15) is 9.90 Å². The summed E-state index contributed by atoms with van der Waals surface area (Å²) in [4.78, 5) is 14.8. The lowest BCUT2D eigenvalue weighted by atomic mass is 10.1. The van der Waals surface area contributed by atoms with E-state index in [1.165, 1.54) is 0 Å². The molecule has 1 aromatic carbocycles. The number of carbonyl (C=O) groups is 1. The van der Waals surface area contributed by atoms with Crippen LogP contribution in [0.2, 0.25) is 0 Å². The molecule has 1 amide bonds. The lowest BCUT2D eigenvalue weighted by Gasteiger charge is -2.29. The summed E-state index contributed by atoms with van der Waals surface area (Å²) < 4.78 is 1.82. The van der Waals surface area contributed by atoms with Gasteiger partial charge < -0.3 is 10.0 Å². The summed E-state index contributed by atoms with van der Waals surface area (Å²) in [6.45, 7) is 6.54. The maximum Gasteiger partial charge on any atom is 0.227 e. The lowest BCUT2D eigenvalue weighted by Crippen LogP contribution is -2.39. The van der Waals surface area contributed by atoms with Crippen molar-refractivity contribution in [2.75, 3.05) is 6.61 Å². The highest BCUT2D eigenvalue weighted by Crippen LogP contribution is 2.17. The Morgan fingerprint density at radius 2 is 1.96 bits per heavy atom. The van der Waals surface area contributed by atoms with Crippen molar-refractivity contribution in [3.8, 4) is 0 Å². The van der Waals surface area contributed by atoms with Crippen LogP contribution in [-0.2, 0) is 24.8 Å². The van der Waals surface area contributed by atoms with Gasteiger partial charge in [-0.25, -0.2) is 0 Å². The maximum atomic E-state index is 13.0. The topological polar surface area (TPSA) is 58.4 Å². The van der Waals surface area contributed by atoms with Crippen LogP contribution in [0.25, 0.3) is 0 Å². The van der Waals surface area contributed by atoms with Crippen molar-refractivity contribution in [1.82, 2.24) is 14.7 Å². The van der Waals surface area contributed by atoms with Crippen LogP contribution in [0.15, 0.2) is 30.3 Å². The third kappa shape index (κ3) is 4.23. The van der Waals surface area contributed by atoms with Gasteiger partial charge in [0.05, 0.1) is 12.1 Å². The van der Waals surface area contributed by atoms with E-state index in [2.05, 4.69) is 5.10 Å². The van der Waals surface area contributed by atoms with Gasteiger partial charge in [-0.05, 0) is 32.8 Å². The molecule has 0 aliphatic carbocycles. The Morgan fingerprint density at radius 3 is 2.50 bits per heavy atom. The van der Waals surface area contributed by atoms with Gasteiger partial charge in [-0.15, -0.1) is 0 Å². The Hall–Kier alpha value is -2.14. The van der Waals surface area contributed by atoms with Gasteiger partial charge in [0.1, 0.15) is 0 Å². The zero-order valence-electron chi connectivity index (χ0n) is 15.0. The first-order valence-corrected chi connectivity index (χ1v) is 8.37. The smallest absolute Gasteiger partial charge is 0.227 e. The van der Waals surface area contributed by atoms with Crippen LogP contribution in [0.3, 0.4) is 0 Å². The molecule has 0 saturated heterocycles. The highest BCUT2D eigenvalue weighted by Gasteiger charge is 2.23. The minimum Gasteiger partial charge on any atom is -0.396 e. The molecule has 0 radical (unpaired) electrons. The highest BCUT2D eigenvalue weighted by molar-refractivity contribution is 5.79. The fourth-order valence-electron chi connectivity index (χ4n) is 2.94. The van der Waals surface area contributed by atoms with E-state index >= 15 is 0 Å². The fourth-order valence-corrected chi connectivity index (χ4v) is 2.94. The highest BCUT2D eigenvalue weighted by atomic mass is 16.3. The minimum absolute atomic E-state index is 0.0139. The summed E-state index contributed by atoms with van der Waals surface area (Å²) in [5, 5.41) is 13.7. The fraction of sp³-hybridized carbons (Fsp3) is 0.474. The standard InChI is InChI=1S/C19H27N3O2/c1-14(10-11-23)22(13-17-8-6-5-7-9-17)19(24)12-18-15(2)20-21(4)16(18)3/h5-9,14,23H,10-13H2,1-4H3. The predicted octanol–water partition coefficient (Wildman–Crippen LogP) is 2.38. The summed E-state index contributed by atoms with van der Waals surface area (Å²) in [6.07, 6.45) is 0.914. The molecular formula is C19H27N3O2. The van der Waals surface area contributed by atoms with Crippen LogP contribution in [-0.4, -0.2) is 38.3 Å². The summed E-state index contributed by atoms with van der Waals surface area (Å²) in [6, 6.07) is 9.95. The van der Waals surface area contributed by atoms with Gasteiger partial charge in [-0.3, -0.25) is 9.48 Å². The number of aliphatic hydroxyl groups is 1. The molecule has 130 valence electrons. The molecule has 1 aromatic heterocycles. The van der Waals surface area contributed by atoms with Crippen LogP contribution >= 0.6 is 0 Å². The second kappa shape index (κ2) is 8.11. The molecule has 0 spiro atoms. The molecule has 5 heteroatoms. The summed E-state index contributed by atoms with van der Waals surface area (Å²) in [5.41, 5.74) is 4.01. The van der Waals surface area contributed by atoms with Crippen LogP contribution in [0.5, 0.6) is 0 Å². The number of amides is 1. The average Bonchev–Trinajstić information content (AvgIpc) is 2.80. The number of hydrogen-bond donors (Lipinski definition) is 1. The van der Waals surface area contributed by atoms with Crippen LogP contribution < -0.4 is 0 Å². The monoisotopic (exact) mass is 329 g/mol. The van der Waals surface area contributed by atoms with Gasteiger partial charge in [0.2, 0.25) is 5.91 Å². The Balaban J connectivity index is 2.20. The molecule has 2 aromatic rings. The van der Waals surface area contributed by atoms with Gasteiger partial charge >= 0.3 is 0 Å². The first kappa shape index (κ1) is 18.2. The molecule has 24 heavy (non-hydrogen) atoms. The Morgan fingerprint density at radius 1 is 1.29 bits per heavy atom. The van der Waals surface area contributed by atoms with Crippen molar-refractivity contribution in [2.24, 2.45) is 7.05 Å². The number of aromatic nitrogens is 2. The number of rotatable bonds is 7. The van der Waals surface area contributed by atoms with E-state index in [0.717, 1.165) is 22.5 Å². The van der Waals surface area contributed by atoms with Gasteiger partial charge in [-0.1, -0.05) is 30.3 Å². The number of hydrogen-bond acceptors (Lipinski definition) is 3. The maximum absolute atomic E-state index is 13.0. The van der Waals surface area contributed by atoms with Gasteiger partial charge in [0.25, 0.3) is 0 Å². The minimum atomic E-state index is -0.0139. The SMILES string of the molecule is Cc1nn(C)c(C)c1CC(=O)N(Cc1ccccc1)C(C)CCO. The lowest BCUT2D eigenvalue weighted by molar-refractivity contribution is -0.133. The Kier molecular flexibility index (Phi) is 6.15. The molecule has 2 rings (SSSR count). The largest absolute Gasteiger partial charge is 0.396 e. The van der Waals surface area contributed by atoms with E-state index in [4.69, 9.17) is 0 Å². The van der Waals surface area contributed by atoms with E-state index in [1.54, 1.807) is 0 Å². The first-order chi connectivity index (χ1) is 11.4. The number of aliphatic hydroxyl groups excluding tert-OH is 1. The zero-order chi connectivity index (χ0) is 17.7. The number of aryl methyl sites for hydroxylation is 2. The zero-order valence-corrected chi connectivity index (χ0v) is 15.0. The molecule has 0 saturated carbocycles. The molecular weight excluding hydrogens is 302 g/mol. The number of nitrogens with zero attached hydrogens (tertiary/aromatic N) is 3. The molecule has 5 nitrogen and oxygen atoms in total. The molecule has 0 fully saturated rings. The molecule has 0 aliphatic heterocycles. The van der Waals surface area contributed by atoms with E-state index in [-0.39, 0.29) is 18.6 Å². The van der Waals surface area contributed by atoms with Gasteiger partial charge in [-0.2, -0.15) is 5.10 Å². The molecule has 1 heterocycles. The van der Waals surface area contributed by atoms with Crippen LogP contribution in [0, 0.1) is 13.8 Å². The Labute approximate surface area is 143 Å². The number of carbonyl (C=O) groups excluding carboxylic acids is 1.